The van der Waals surface area contributed by atoms with Crippen LogP contribution in [0.1, 0.15) is 22.4 Å². The number of aromatic nitrogens is 1. The van der Waals surface area contributed by atoms with Gasteiger partial charge in [0.2, 0.25) is 0 Å². The number of hydrogen-bond acceptors (Lipinski definition) is 2. The average molecular weight is 243 g/mol. The van der Waals surface area contributed by atoms with E-state index in [0.717, 1.165) is 17.2 Å². The van der Waals surface area contributed by atoms with Gasteiger partial charge >= 0.3 is 0 Å². The Morgan fingerprint density at radius 1 is 1.06 bits per heavy atom. The van der Waals surface area contributed by atoms with Gasteiger partial charge in [-0.15, -0.1) is 0 Å². The molecule has 0 saturated carbocycles. The lowest BCUT2D eigenvalue weighted by Gasteiger charge is -2.06. The van der Waals surface area contributed by atoms with Crippen LogP contribution in [0.3, 0.4) is 0 Å². The standard InChI is InChI=1S/C15H17NS/c1-12-6-7-13(2)14(9-12)10-17-11-15-5-3-4-8-16-15/h3-9H,10-11H2,1-2H3. The van der Waals surface area contributed by atoms with Crippen LogP contribution in [0.2, 0.25) is 0 Å². The van der Waals surface area contributed by atoms with E-state index in [2.05, 4.69) is 43.1 Å². The number of pyridine rings is 1. The highest BCUT2D eigenvalue weighted by molar-refractivity contribution is 7.97. The number of aryl methyl sites for hydroxylation is 2. The summed E-state index contributed by atoms with van der Waals surface area (Å²) in [7, 11) is 0. The molecule has 1 aromatic carbocycles. The Morgan fingerprint density at radius 2 is 1.94 bits per heavy atom. The topological polar surface area (TPSA) is 12.9 Å². The smallest absolute Gasteiger partial charge is 0.0502 e. The summed E-state index contributed by atoms with van der Waals surface area (Å²) in [5.41, 5.74) is 5.31. The maximum absolute atomic E-state index is 4.33. The predicted octanol–water partition coefficient (Wildman–Crippen LogP) is 4.13. The molecular weight excluding hydrogens is 226 g/mol. The van der Waals surface area contributed by atoms with Gasteiger partial charge in [-0.05, 0) is 37.1 Å². The van der Waals surface area contributed by atoms with Gasteiger partial charge in [0.25, 0.3) is 0 Å². The molecule has 88 valence electrons. The van der Waals surface area contributed by atoms with Crippen molar-refractivity contribution in [1.29, 1.82) is 0 Å². The zero-order valence-electron chi connectivity index (χ0n) is 10.3. The van der Waals surface area contributed by atoms with E-state index < -0.39 is 0 Å². The van der Waals surface area contributed by atoms with Gasteiger partial charge in [0.05, 0.1) is 5.69 Å². The van der Waals surface area contributed by atoms with Crippen molar-refractivity contribution in [3.8, 4) is 0 Å². The lowest BCUT2D eigenvalue weighted by Crippen LogP contribution is -1.90. The van der Waals surface area contributed by atoms with Crippen LogP contribution in [-0.4, -0.2) is 4.98 Å². The van der Waals surface area contributed by atoms with E-state index in [4.69, 9.17) is 0 Å². The van der Waals surface area contributed by atoms with E-state index in [1.807, 2.05) is 30.1 Å². The minimum absolute atomic E-state index is 0.980. The fourth-order valence-corrected chi connectivity index (χ4v) is 2.72. The van der Waals surface area contributed by atoms with Crippen LogP contribution in [0, 0.1) is 13.8 Å². The van der Waals surface area contributed by atoms with Gasteiger partial charge in [0, 0.05) is 17.7 Å². The maximum Gasteiger partial charge on any atom is 0.0502 e. The molecule has 0 atom stereocenters. The molecular formula is C15H17NS. The maximum atomic E-state index is 4.33. The summed E-state index contributed by atoms with van der Waals surface area (Å²) in [5, 5.41) is 0. The van der Waals surface area contributed by atoms with Crippen molar-refractivity contribution in [2.24, 2.45) is 0 Å². The van der Waals surface area contributed by atoms with Crippen molar-refractivity contribution in [3.63, 3.8) is 0 Å². The van der Waals surface area contributed by atoms with Crippen LogP contribution in [0.15, 0.2) is 42.6 Å². The van der Waals surface area contributed by atoms with Crippen molar-refractivity contribution >= 4 is 11.8 Å². The molecule has 0 aliphatic heterocycles. The van der Waals surface area contributed by atoms with Crippen LogP contribution in [0.25, 0.3) is 0 Å². The molecule has 0 N–H and O–H groups in total. The quantitative estimate of drug-likeness (QED) is 0.800. The summed E-state index contributed by atoms with van der Waals surface area (Å²) in [6.45, 7) is 4.32. The van der Waals surface area contributed by atoms with Crippen molar-refractivity contribution in [3.05, 3.63) is 65.0 Å². The summed E-state index contributed by atoms with van der Waals surface area (Å²) < 4.78 is 0. The Kier molecular flexibility index (Phi) is 4.21. The van der Waals surface area contributed by atoms with E-state index in [1.165, 1.54) is 16.7 Å². The Labute approximate surface area is 107 Å². The molecule has 0 aliphatic carbocycles. The van der Waals surface area contributed by atoms with Crippen molar-refractivity contribution in [1.82, 2.24) is 4.98 Å². The Balaban J connectivity index is 1.92. The van der Waals surface area contributed by atoms with Crippen molar-refractivity contribution < 1.29 is 0 Å². The highest BCUT2D eigenvalue weighted by atomic mass is 32.2. The summed E-state index contributed by atoms with van der Waals surface area (Å²) in [4.78, 5) is 4.33. The zero-order chi connectivity index (χ0) is 12.1. The first-order valence-corrected chi connectivity index (χ1v) is 6.95. The van der Waals surface area contributed by atoms with E-state index in [1.54, 1.807) is 0 Å². The van der Waals surface area contributed by atoms with Gasteiger partial charge in [0.1, 0.15) is 0 Å². The average Bonchev–Trinajstić information content (AvgIpc) is 2.35. The lowest BCUT2D eigenvalue weighted by atomic mass is 10.1. The summed E-state index contributed by atoms with van der Waals surface area (Å²) >= 11 is 1.92. The van der Waals surface area contributed by atoms with Gasteiger partial charge in [-0.2, -0.15) is 11.8 Å². The third-order valence-corrected chi connectivity index (χ3v) is 3.75. The van der Waals surface area contributed by atoms with Crippen LogP contribution >= 0.6 is 11.8 Å². The highest BCUT2D eigenvalue weighted by Gasteiger charge is 2.00. The Morgan fingerprint density at radius 3 is 2.71 bits per heavy atom. The second-order valence-electron chi connectivity index (χ2n) is 4.24. The molecule has 2 rings (SSSR count). The van der Waals surface area contributed by atoms with E-state index >= 15 is 0 Å². The van der Waals surface area contributed by atoms with Gasteiger partial charge < -0.3 is 0 Å². The van der Waals surface area contributed by atoms with E-state index in [-0.39, 0.29) is 0 Å². The lowest BCUT2D eigenvalue weighted by molar-refractivity contribution is 1.17. The molecule has 0 saturated heterocycles. The first-order chi connectivity index (χ1) is 8.25. The second kappa shape index (κ2) is 5.87. The largest absolute Gasteiger partial charge is 0.260 e. The van der Waals surface area contributed by atoms with Gasteiger partial charge in [0.15, 0.2) is 0 Å². The van der Waals surface area contributed by atoms with Crippen LogP contribution in [-0.2, 0) is 11.5 Å². The fourth-order valence-electron chi connectivity index (χ4n) is 1.70. The number of nitrogens with zero attached hydrogens (tertiary/aromatic N) is 1. The first kappa shape index (κ1) is 12.2. The van der Waals surface area contributed by atoms with Crippen molar-refractivity contribution in [2.75, 3.05) is 0 Å². The molecule has 1 aromatic heterocycles. The molecule has 0 bridgehead atoms. The molecule has 1 nitrogen and oxygen atoms in total. The third-order valence-electron chi connectivity index (χ3n) is 2.74. The highest BCUT2D eigenvalue weighted by Crippen LogP contribution is 2.20. The number of rotatable bonds is 4. The van der Waals surface area contributed by atoms with Crippen LogP contribution in [0.4, 0.5) is 0 Å². The molecule has 0 aliphatic rings. The third kappa shape index (κ3) is 3.60. The molecule has 17 heavy (non-hydrogen) atoms. The van der Waals surface area contributed by atoms with E-state index in [9.17, 15) is 0 Å². The minimum Gasteiger partial charge on any atom is -0.260 e. The summed E-state index contributed by atoms with van der Waals surface area (Å²) in [5.74, 6) is 2.04. The molecule has 0 fully saturated rings. The van der Waals surface area contributed by atoms with Gasteiger partial charge in [-0.1, -0.05) is 29.8 Å². The Hall–Kier alpha value is -1.28. The number of hydrogen-bond donors (Lipinski definition) is 0. The van der Waals surface area contributed by atoms with Gasteiger partial charge in [-0.25, -0.2) is 0 Å². The minimum atomic E-state index is 0.980. The summed E-state index contributed by atoms with van der Waals surface area (Å²) in [6, 6.07) is 12.7. The molecule has 2 aromatic rings. The normalized spacial score (nSPS) is 10.5. The predicted molar refractivity (Wildman–Crippen MR) is 75.2 cm³/mol. The zero-order valence-corrected chi connectivity index (χ0v) is 11.1. The Bertz CT molecular complexity index is 480. The molecule has 0 amide bonds. The van der Waals surface area contributed by atoms with E-state index in [0.29, 0.717) is 0 Å². The van der Waals surface area contributed by atoms with Gasteiger partial charge in [-0.3, -0.25) is 4.98 Å². The monoisotopic (exact) mass is 243 g/mol. The fraction of sp³-hybridized carbons (Fsp3) is 0.267. The number of benzene rings is 1. The molecule has 2 heteroatoms. The second-order valence-corrected chi connectivity index (χ2v) is 5.23. The molecule has 0 spiro atoms. The van der Waals surface area contributed by atoms with Crippen LogP contribution in [0.5, 0.6) is 0 Å². The molecule has 0 unspecified atom stereocenters. The summed E-state index contributed by atoms with van der Waals surface area (Å²) in [6.07, 6.45) is 1.85. The number of thioether (sulfide) groups is 1. The van der Waals surface area contributed by atoms with Crippen LogP contribution < -0.4 is 0 Å². The molecule has 1 heterocycles. The van der Waals surface area contributed by atoms with Crippen molar-refractivity contribution in [2.45, 2.75) is 25.4 Å². The first-order valence-electron chi connectivity index (χ1n) is 5.79. The SMILES string of the molecule is Cc1ccc(C)c(CSCc2ccccn2)c1. The molecule has 0 radical (unpaired) electrons.